The van der Waals surface area contributed by atoms with Crippen molar-refractivity contribution in [3.8, 4) is 0 Å². The maximum absolute atomic E-state index is 12.1. The summed E-state index contributed by atoms with van der Waals surface area (Å²) in [5.41, 5.74) is 7.29. The zero-order valence-corrected chi connectivity index (χ0v) is 17.3. The molecule has 3 amide bonds. The van der Waals surface area contributed by atoms with E-state index in [0.717, 1.165) is 10.0 Å². The Morgan fingerprint density at radius 1 is 1.21 bits per heavy atom. The number of aryl methyl sites for hydroxylation is 1. The average molecular weight is 469 g/mol. The Labute approximate surface area is 175 Å². The van der Waals surface area contributed by atoms with Crippen molar-refractivity contribution >= 4 is 51.1 Å². The SMILES string of the molecule is Cc1ccc(NC(=O)COC(=O)CC(NC(N)=O)c2ccccc2Cl)cc1Br. The standard InChI is InChI=1S/C19H19BrClN3O4/c1-11-6-7-12(8-14(11)20)23-17(25)10-28-18(26)9-16(24-19(22)27)13-4-2-3-5-15(13)21/h2-8,16H,9-10H2,1H3,(H,23,25)(H3,22,24,27). The number of hydrogen-bond acceptors (Lipinski definition) is 4. The van der Waals surface area contributed by atoms with E-state index in [2.05, 4.69) is 26.6 Å². The summed E-state index contributed by atoms with van der Waals surface area (Å²) in [7, 11) is 0. The monoisotopic (exact) mass is 467 g/mol. The van der Waals surface area contributed by atoms with Crippen LogP contribution < -0.4 is 16.4 Å². The molecule has 0 fully saturated rings. The minimum absolute atomic E-state index is 0.226. The molecular formula is C19H19BrClN3O4. The normalized spacial score (nSPS) is 11.4. The topological polar surface area (TPSA) is 111 Å². The molecule has 0 aliphatic rings. The molecule has 9 heteroatoms. The number of benzene rings is 2. The lowest BCUT2D eigenvalue weighted by Gasteiger charge is -2.18. The molecule has 0 aromatic heterocycles. The fourth-order valence-corrected chi connectivity index (χ4v) is 3.05. The molecule has 0 aliphatic heterocycles. The molecule has 0 heterocycles. The first-order chi connectivity index (χ1) is 13.3. The predicted octanol–water partition coefficient (Wildman–Crippen LogP) is 3.69. The maximum Gasteiger partial charge on any atom is 0.312 e. The number of primary amides is 1. The van der Waals surface area contributed by atoms with Crippen molar-refractivity contribution in [1.29, 1.82) is 0 Å². The first-order valence-corrected chi connectivity index (χ1v) is 9.45. The summed E-state index contributed by atoms with van der Waals surface area (Å²) in [6, 6.07) is 10.5. The molecule has 148 valence electrons. The van der Waals surface area contributed by atoms with Gasteiger partial charge in [0.15, 0.2) is 6.61 Å². The van der Waals surface area contributed by atoms with Gasteiger partial charge in [0.05, 0.1) is 12.5 Å². The van der Waals surface area contributed by atoms with E-state index in [1.54, 1.807) is 36.4 Å². The minimum Gasteiger partial charge on any atom is -0.455 e. The van der Waals surface area contributed by atoms with Crippen molar-refractivity contribution < 1.29 is 19.1 Å². The fourth-order valence-electron chi connectivity index (χ4n) is 2.41. The van der Waals surface area contributed by atoms with Crippen LogP contribution in [0.5, 0.6) is 0 Å². The van der Waals surface area contributed by atoms with Crippen LogP contribution in [0.4, 0.5) is 10.5 Å². The van der Waals surface area contributed by atoms with Crippen molar-refractivity contribution in [2.75, 3.05) is 11.9 Å². The number of rotatable bonds is 7. The van der Waals surface area contributed by atoms with Gasteiger partial charge >= 0.3 is 12.0 Å². The van der Waals surface area contributed by atoms with E-state index >= 15 is 0 Å². The van der Waals surface area contributed by atoms with E-state index in [1.165, 1.54) is 0 Å². The van der Waals surface area contributed by atoms with Gasteiger partial charge in [-0.1, -0.05) is 51.8 Å². The first kappa shape index (κ1) is 21.7. The smallest absolute Gasteiger partial charge is 0.312 e. The van der Waals surface area contributed by atoms with Gasteiger partial charge in [0.2, 0.25) is 0 Å². The number of hydrogen-bond donors (Lipinski definition) is 3. The molecule has 2 rings (SSSR count). The van der Waals surface area contributed by atoms with Crippen LogP contribution in [-0.2, 0) is 14.3 Å². The van der Waals surface area contributed by atoms with E-state index in [-0.39, 0.29) is 6.42 Å². The summed E-state index contributed by atoms with van der Waals surface area (Å²) >= 11 is 9.50. The molecule has 0 bridgehead atoms. The van der Waals surface area contributed by atoms with Gasteiger partial charge in [-0.2, -0.15) is 0 Å². The van der Waals surface area contributed by atoms with Crippen LogP contribution in [-0.4, -0.2) is 24.5 Å². The third-order valence-corrected chi connectivity index (χ3v) is 4.99. The Morgan fingerprint density at radius 2 is 1.93 bits per heavy atom. The lowest BCUT2D eigenvalue weighted by molar-refractivity contribution is -0.147. The molecule has 7 nitrogen and oxygen atoms in total. The van der Waals surface area contributed by atoms with Gasteiger partial charge in [0, 0.05) is 15.2 Å². The zero-order chi connectivity index (χ0) is 20.7. The number of ether oxygens (including phenoxy) is 1. The third kappa shape index (κ3) is 6.54. The molecule has 4 N–H and O–H groups in total. The quantitative estimate of drug-likeness (QED) is 0.538. The number of nitrogens with two attached hydrogens (primary N) is 1. The van der Waals surface area contributed by atoms with Crippen LogP contribution in [0, 0.1) is 6.92 Å². The third-order valence-electron chi connectivity index (χ3n) is 3.79. The van der Waals surface area contributed by atoms with Crippen LogP contribution in [0.3, 0.4) is 0 Å². The Bertz CT molecular complexity index is 891. The van der Waals surface area contributed by atoms with Crippen molar-refractivity contribution in [3.05, 3.63) is 63.1 Å². The molecule has 0 aliphatic carbocycles. The first-order valence-electron chi connectivity index (χ1n) is 8.28. The highest BCUT2D eigenvalue weighted by atomic mass is 79.9. The summed E-state index contributed by atoms with van der Waals surface area (Å²) in [6.07, 6.45) is -0.226. The predicted molar refractivity (Wildman–Crippen MR) is 110 cm³/mol. The number of anilines is 1. The van der Waals surface area contributed by atoms with Gasteiger partial charge in [0.25, 0.3) is 5.91 Å². The van der Waals surface area contributed by atoms with E-state index in [9.17, 15) is 14.4 Å². The highest BCUT2D eigenvalue weighted by Gasteiger charge is 2.21. The number of halogens is 2. The summed E-state index contributed by atoms with van der Waals surface area (Å²) in [4.78, 5) is 35.4. The zero-order valence-electron chi connectivity index (χ0n) is 15.0. The van der Waals surface area contributed by atoms with Crippen LogP contribution >= 0.6 is 27.5 Å². The second kappa shape index (κ2) is 10.1. The maximum atomic E-state index is 12.1. The molecule has 0 saturated heterocycles. The van der Waals surface area contributed by atoms with Crippen LogP contribution in [0.15, 0.2) is 46.9 Å². The molecule has 0 saturated carbocycles. The highest BCUT2D eigenvalue weighted by molar-refractivity contribution is 9.10. The number of carbonyl (C=O) groups excluding carboxylic acids is 3. The van der Waals surface area contributed by atoms with Gasteiger partial charge in [-0.25, -0.2) is 4.79 Å². The summed E-state index contributed by atoms with van der Waals surface area (Å²) in [5.74, 6) is -1.17. The van der Waals surface area contributed by atoms with Crippen molar-refractivity contribution in [2.45, 2.75) is 19.4 Å². The Morgan fingerprint density at radius 3 is 2.57 bits per heavy atom. The molecule has 0 radical (unpaired) electrons. The van der Waals surface area contributed by atoms with Crippen LogP contribution in [0.1, 0.15) is 23.6 Å². The second-order valence-corrected chi connectivity index (χ2v) is 7.22. The van der Waals surface area contributed by atoms with Gasteiger partial charge in [-0.15, -0.1) is 0 Å². The molecule has 2 aromatic carbocycles. The average Bonchev–Trinajstić information content (AvgIpc) is 2.62. The summed E-state index contributed by atoms with van der Waals surface area (Å²) in [6.45, 7) is 1.46. The number of nitrogens with one attached hydrogen (secondary N) is 2. The van der Waals surface area contributed by atoms with Crippen molar-refractivity contribution in [3.63, 3.8) is 0 Å². The number of urea groups is 1. The van der Waals surface area contributed by atoms with E-state index in [0.29, 0.717) is 16.3 Å². The van der Waals surface area contributed by atoms with Crippen molar-refractivity contribution in [2.24, 2.45) is 5.73 Å². The molecule has 1 atom stereocenters. The van der Waals surface area contributed by atoms with E-state index in [1.807, 2.05) is 13.0 Å². The van der Waals surface area contributed by atoms with E-state index in [4.69, 9.17) is 22.1 Å². The molecule has 2 aromatic rings. The number of carbonyl (C=O) groups is 3. The second-order valence-electron chi connectivity index (χ2n) is 5.96. The molecule has 1 unspecified atom stereocenters. The van der Waals surface area contributed by atoms with E-state index < -0.39 is 30.6 Å². The lowest BCUT2D eigenvalue weighted by atomic mass is 10.0. The van der Waals surface area contributed by atoms with Gasteiger partial charge in [0.1, 0.15) is 0 Å². The Balaban J connectivity index is 1.93. The van der Waals surface area contributed by atoms with Gasteiger partial charge < -0.3 is 21.1 Å². The Kier molecular flexibility index (Phi) is 7.83. The summed E-state index contributed by atoms with van der Waals surface area (Å²) in [5, 5.41) is 5.46. The molecule has 0 spiro atoms. The molecule has 28 heavy (non-hydrogen) atoms. The van der Waals surface area contributed by atoms with Crippen molar-refractivity contribution in [1.82, 2.24) is 5.32 Å². The number of esters is 1. The number of amides is 3. The van der Waals surface area contributed by atoms with Gasteiger partial charge in [-0.3, -0.25) is 9.59 Å². The minimum atomic E-state index is -0.805. The van der Waals surface area contributed by atoms with Crippen LogP contribution in [0.25, 0.3) is 0 Å². The highest BCUT2D eigenvalue weighted by Crippen LogP contribution is 2.25. The van der Waals surface area contributed by atoms with Crippen LogP contribution in [0.2, 0.25) is 5.02 Å². The van der Waals surface area contributed by atoms with Gasteiger partial charge in [-0.05, 0) is 36.2 Å². The summed E-state index contributed by atoms with van der Waals surface area (Å²) < 4.78 is 5.85. The molecular weight excluding hydrogens is 450 g/mol. The Hall–Kier alpha value is -2.58. The largest absolute Gasteiger partial charge is 0.455 e. The lowest BCUT2D eigenvalue weighted by Crippen LogP contribution is -2.35. The fraction of sp³-hybridized carbons (Fsp3) is 0.211.